The summed E-state index contributed by atoms with van der Waals surface area (Å²) in [5, 5.41) is 0.812. The van der Waals surface area contributed by atoms with Gasteiger partial charge < -0.3 is 4.74 Å². The number of hydrogen-bond acceptors (Lipinski definition) is 6. The Labute approximate surface area is 192 Å². The SMILES string of the molecule is Cc1ccc2sc(N(CCN3CCOCC3)C(=O)CCSc3ccccc3)nc2c1C. The number of nitrogens with zero attached hydrogens (tertiary/aromatic N) is 3. The minimum absolute atomic E-state index is 0.144. The maximum Gasteiger partial charge on any atom is 0.229 e. The Bertz CT molecular complexity index is 1020. The van der Waals surface area contributed by atoms with E-state index >= 15 is 0 Å². The molecule has 1 aliphatic heterocycles. The number of hydrogen-bond donors (Lipinski definition) is 0. The van der Waals surface area contributed by atoms with Crippen LogP contribution in [0.3, 0.4) is 0 Å². The molecular weight excluding hydrogens is 426 g/mol. The van der Waals surface area contributed by atoms with E-state index in [9.17, 15) is 4.79 Å². The number of anilines is 1. The average molecular weight is 456 g/mol. The number of morpholine rings is 1. The fourth-order valence-corrected chi connectivity index (χ4v) is 5.56. The lowest BCUT2D eigenvalue weighted by molar-refractivity contribution is -0.118. The van der Waals surface area contributed by atoms with Gasteiger partial charge in [0.05, 0.1) is 23.4 Å². The zero-order valence-corrected chi connectivity index (χ0v) is 19.8. The highest BCUT2D eigenvalue weighted by Crippen LogP contribution is 2.32. The highest BCUT2D eigenvalue weighted by molar-refractivity contribution is 7.99. The van der Waals surface area contributed by atoms with Crippen molar-refractivity contribution in [1.82, 2.24) is 9.88 Å². The predicted octanol–water partition coefficient (Wildman–Crippen LogP) is 4.76. The van der Waals surface area contributed by atoms with Crippen molar-refractivity contribution in [2.75, 3.05) is 50.0 Å². The summed E-state index contributed by atoms with van der Waals surface area (Å²) in [5.41, 5.74) is 3.44. The highest BCUT2D eigenvalue weighted by Gasteiger charge is 2.22. The molecule has 0 unspecified atom stereocenters. The maximum atomic E-state index is 13.3. The number of amides is 1. The third-order valence-electron chi connectivity index (χ3n) is 5.68. The van der Waals surface area contributed by atoms with Gasteiger partial charge in [0.25, 0.3) is 0 Å². The number of carbonyl (C=O) groups is 1. The van der Waals surface area contributed by atoms with E-state index in [1.165, 1.54) is 16.0 Å². The van der Waals surface area contributed by atoms with Crippen LogP contribution in [0.2, 0.25) is 0 Å². The summed E-state index contributed by atoms with van der Waals surface area (Å²) in [4.78, 5) is 23.6. The Morgan fingerprint density at radius 3 is 2.71 bits per heavy atom. The predicted molar refractivity (Wildman–Crippen MR) is 130 cm³/mol. The van der Waals surface area contributed by atoms with Gasteiger partial charge in [-0.2, -0.15) is 0 Å². The molecule has 1 saturated heterocycles. The van der Waals surface area contributed by atoms with Crippen molar-refractivity contribution in [2.24, 2.45) is 0 Å². The lowest BCUT2D eigenvalue weighted by Gasteiger charge is -2.29. The molecule has 5 nitrogen and oxygen atoms in total. The van der Waals surface area contributed by atoms with E-state index in [0.29, 0.717) is 13.0 Å². The number of benzene rings is 2. The number of ether oxygens (including phenoxy) is 1. The van der Waals surface area contributed by atoms with Crippen molar-refractivity contribution in [3.05, 3.63) is 53.6 Å². The van der Waals surface area contributed by atoms with Crippen LogP contribution in [0.25, 0.3) is 10.2 Å². The minimum atomic E-state index is 0.144. The summed E-state index contributed by atoms with van der Waals surface area (Å²) in [6.07, 6.45) is 0.497. The van der Waals surface area contributed by atoms with Crippen LogP contribution in [0.15, 0.2) is 47.4 Å². The van der Waals surface area contributed by atoms with Gasteiger partial charge in [0.15, 0.2) is 5.13 Å². The second kappa shape index (κ2) is 10.6. The largest absolute Gasteiger partial charge is 0.379 e. The van der Waals surface area contributed by atoms with Gasteiger partial charge >= 0.3 is 0 Å². The Hall–Kier alpha value is -1.93. The Balaban J connectivity index is 1.49. The molecule has 0 atom stereocenters. The molecule has 1 fully saturated rings. The van der Waals surface area contributed by atoms with E-state index < -0.39 is 0 Å². The molecule has 1 aromatic heterocycles. The molecule has 1 amide bonds. The van der Waals surface area contributed by atoms with Crippen molar-refractivity contribution >= 4 is 44.4 Å². The van der Waals surface area contributed by atoms with Crippen molar-refractivity contribution in [3.63, 3.8) is 0 Å². The van der Waals surface area contributed by atoms with E-state index in [0.717, 1.165) is 53.9 Å². The van der Waals surface area contributed by atoms with Gasteiger partial charge in [-0.15, -0.1) is 11.8 Å². The molecule has 0 saturated carbocycles. The Morgan fingerprint density at radius 1 is 1.16 bits per heavy atom. The third kappa shape index (κ3) is 5.66. The van der Waals surface area contributed by atoms with Gasteiger partial charge in [-0.1, -0.05) is 35.6 Å². The molecule has 0 spiro atoms. The van der Waals surface area contributed by atoms with Crippen LogP contribution in [0.4, 0.5) is 5.13 Å². The number of thiazole rings is 1. The van der Waals surface area contributed by atoms with Crippen LogP contribution in [0.1, 0.15) is 17.5 Å². The van der Waals surface area contributed by atoms with Crippen LogP contribution in [-0.2, 0) is 9.53 Å². The smallest absolute Gasteiger partial charge is 0.229 e. The first-order valence-electron chi connectivity index (χ1n) is 10.8. The first kappa shape index (κ1) is 22.3. The summed E-state index contributed by atoms with van der Waals surface area (Å²) in [6, 6.07) is 14.5. The quantitative estimate of drug-likeness (QED) is 0.458. The van der Waals surface area contributed by atoms with Gasteiger partial charge in [0, 0.05) is 43.2 Å². The maximum absolute atomic E-state index is 13.3. The number of aryl methyl sites for hydroxylation is 2. The zero-order chi connectivity index (χ0) is 21.6. The van der Waals surface area contributed by atoms with E-state index in [1.807, 2.05) is 23.1 Å². The average Bonchev–Trinajstić information content (AvgIpc) is 3.23. The summed E-state index contributed by atoms with van der Waals surface area (Å²) in [5.74, 6) is 0.907. The number of aromatic nitrogens is 1. The van der Waals surface area contributed by atoms with E-state index in [2.05, 4.69) is 43.0 Å². The lowest BCUT2D eigenvalue weighted by Crippen LogP contribution is -2.43. The van der Waals surface area contributed by atoms with Gasteiger partial charge in [0.1, 0.15) is 0 Å². The first-order valence-corrected chi connectivity index (χ1v) is 12.6. The molecular formula is C24H29N3O2S2. The Morgan fingerprint density at radius 2 is 1.94 bits per heavy atom. The monoisotopic (exact) mass is 455 g/mol. The molecule has 0 aliphatic carbocycles. The number of carbonyl (C=O) groups excluding carboxylic acids is 1. The van der Waals surface area contributed by atoms with Gasteiger partial charge in [-0.05, 0) is 43.2 Å². The van der Waals surface area contributed by atoms with Gasteiger partial charge in [0.2, 0.25) is 5.91 Å². The topological polar surface area (TPSA) is 45.7 Å². The molecule has 2 aromatic carbocycles. The van der Waals surface area contributed by atoms with Gasteiger partial charge in [-0.25, -0.2) is 4.98 Å². The first-order chi connectivity index (χ1) is 15.1. The zero-order valence-electron chi connectivity index (χ0n) is 18.2. The molecule has 3 aromatic rings. The van der Waals surface area contributed by atoms with Crippen LogP contribution in [-0.4, -0.2) is 60.9 Å². The van der Waals surface area contributed by atoms with Crippen molar-refractivity contribution in [3.8, 4) is 0 Å². The van der Waals surface area contributed by atoms with E-state index in [1.54, 1.807) is 23.1 Å². The number of rotatable bonds is 8. The second-order valence-electron chi connectivity index (χ2n) is 7.76. The normalized spacial score (nSPS) is 14.8. The fourth-order valence-electron chi connectivity index (χ4n) is 3.63. The molecule has 0 bridgehead atoms. The van der Waals surface area contributed by atoms with Gasteiger partial charge in [-0.3, -0.25) is 14.6 Å². The number of thioether (sulfide) groups is 1. The molecule has 4 rings (SSSR count). The fraction of sp³-hybridized carbons (Fsp3) is 0.417. The van der Waals surface area contributed by atoms with Crippen molar-refractivity contribution < 1.29 is 9.53 Å². The Kier molecular flexibility index (Phi) is 7.61. The van der Waals surface area contributed by atoms with Crippen LogP contribution in [0.5, 0.6) is 0 Å². The van der Waals surface area contributed by atoms with Crippen LogP contribution in [0, 0.1) is 13.8 Å². The second-order valence-corrected chi connectivity index (χ2v) is 9.94. The third-order valence-corrected chi connectivity index (χ3v) is 7.73. The number of fused-ring (bicyclic) bond motifs is 1. The van der Waals surface area contributed by atoms with E-state index in [-0.39, 0.29) is 5.91 Å². The van der Waals surface area contributed by atoms with Crippen molar-refractivity contribution in [1.29, 1.82) is 0 Å². The molecule has 31 heavy (non-hydrogen) atoms. The molecule has 0 N–H and O–H groups in total. The van der Waals surface area contributed by atoms with Crippen molar-refractivity contribution in [2.45, 2.75) is 25.2 Å². The molecule has 164 valence electrons. The molecule has 1 aliphatic rings. The highest BCUT2D eigenvalue weighted by atomic mass is 32.2. The minimum Gasteiger partial charge on any atom is -0.379 e. The van der Waals surface area contributed by atoms with Crippen LogP contribution < -0.4 is 4.90 Å². The standard InChI is InChI=1S/C24H29N3O2S2/c1-18-8-9-21-23(19(18)2)25-24(31-21)27(12-11-26-13-15-29-16-14-26)22(28)10-17-30-20-6-4-3-5-7-20/h3-9H,10-17H2,1-2H3. The summed E-state index contributed by atoms with van der Waals surface area (Å²) < 4.78 is 6.60. The molecule has 7 heteroatoms. The summed E-state index contributed by atoms with van der Waals surface area (Å²) >= 11 is 3.34. The molecule has 2 heterocycles. The summed E-state index contributed by atoms with van der Waals surface area (Å²) in [6.45, 7) is 9.09. The molecule has 0 radical (unpaired) electrons. The van der Waals surface area contributed by atoms with Crippen LogP contribution >= 0.6 is 23.1 Å². The lowest BCUT2D eigenvalue weighted by atomic mass is 10.1. The van der Waals surface area contributed by atoms with E-state index in [4.69, 9.17) is 9.72 Å². The summed E-state index contributed by atoms with van der Waals surface area (Å²) in [7, 11) is 0.